The normalized spacial score (nSPS) is 10.2. The maximum atomic E-state index is 12.7. The first-order valence-corrected chi connectivity index (χ1v) is 10.5. The molecule has 0 aliphatic rings. The minimum Gasteiger partial charge on any atom is -0.490 e. The van der Waals surface area contributed by atoms with Gasteiger partial charge in [0.05, 0.1) is 23.7 Å². The van der Waals surface area contributed by atoms with Crippen LogP contribution in [-0.4, -0.2) is 36.7 Å². The maximum absolute atomic E-state index is 12.7. The highest BCUT2D eigenvalue weighted by Crippen LogP contribution is 2.37. The summed E-state index contributed by atoms with van der Waals surface area (Å²) >= 11 is 0. The molecule has 3 aromatic rings. The molecule has 0 N–H and O–H groups in total. The quantitative estimate of drug-likeness (QED) is 0.122. The number of esters is 1. The van der Waals surface area contributed by atoms with Crippen molar-refractivity contribution in [3.8, 4) is 28.7 Å². The lowest BCUT2D eigenvalue weighted by Gasteiger charge is -2.13. The molecule has 0 aliphatic carbocycles. The zero-order chi connectivity index (χ0) is 25.4. The largest absolute Gasteiger partial charge is 0.490 e. The van der Waals surface area contributed by atoms with Crippen molar-refractivity contribution in [1.29, 1.82) is 0 Å². The Kier molecular flexibility index (Phi) is 8.12. The number of ether oxygens (including phenoxy) is 4. The van der Waals surface area contributed by atoms with Crippen LogP contribution in [0.3, 0.4) is 0 Å². The highest BCUT2D eigenvalue weighted by molar-refractivity contribution is 5.92. The van der Waals surface area contributed by atoms with Crippen molar-refractivity contribution in [1.82, 2.24) is 0 Å². The Labute approximate surface area is 200 Å². The van der Waals surface area contributed by atoms with Gasteiger partial charge in [0.2, 0.25) is 5.75 Å². The van der Waals surface area contributed by atoms with Gasteiger partial charge in [-0.3, -0.25) is 19.7 Å². The van der Waals surface area contributed by atoms with Gasteiger partial charge in [-0.05, 0) is 62.4 Å². The van der Waals surface area contributed by atoms with Gasteiger partial charge in [0.15, 0.2) is 23.0 Å². The molecule has 0 saturated carbocycles. The van der Waals surface area contributed by atoms with Crippen LogP contribution in [0.1, 0.15) is 44.9 Å². The number of rotatable bonds is 11. The van der Waals surface area contributed by atoms with Crippen LogP contribution < -0.4 is 18.9 Å². The Hall–Kier alpha value is -4.73. The Morgan fingerprint density at radius 2 is 1.34 bits per heavy atom. The van der Waals surface area contributed by atoms with E-state index in [0.29, 0.717) is 23.7 Å². The van der Waals surface area contributed by atoms with Crippen molar-refractivity contribution in [3.05, 3.63) is 81.4 Å². The molecule has 35 heavy (non-hydrogen) atoms. The molecule has 10 heteroatoms. The van der Waals surface area contributed by atoms with E-state index < -0.39 is 16.6 Å². The van der Waals surface area contributed by atoms with Crippen molar-refractivity contribution < 1.29 is 38.3 Å². The van der Waals surface area contributed by atoms with E-state index in [2.05, 4.69) is 0 Å². The summed E-state index contributed by atoms with van der Waals surface area (Å²) in [6.07, 6.45) is 1.26. The summed E-state index contributed by atoms with van der Waals surface area (Å²) in [6.45, 7) is 4.01. The molecule has 0 amide bonds. The molecule has 0 spiro atoms. The number of carbonyl (C=O) groups is 3. The summed E-state index contributed by atoms with van der Waals surface area (Å²) in [5, 5.41) is 11.7. The molecule has 3 aromatic carbocycles. The molecule has 0 unspecified atom stereocenters. The molecule has 0 bridgehead atoms. The van der Waals surface area contributed by atoms with Crippen LogP contribution in [-0.2, 0) is 0 Å². The average Bonchev–Trinajstić information content (AvgIpc) is 2.86. The summed E-state index contributed by atoms with van der Waals surface area (Å²) in [5.41, 5.74) is 0.0916. The molecule has 180 valence electrons. The van der Waals surface area contributed by atoms with E-state index in [1.165, 1.54) is 48.5 Å². The van der Waals surface area contributed by atoms with Gasteiger partial charge in [-0.2, -0.15) is 0 Å². The molecular weight excluding hydrogens is 458 g/mol. The van der Waals surface area contributed by atoms with E-state index in [1.807, 2.05) is 0 Å². The average molecular weight is 479 g/mol. The van der Waals surface area contributed by atoms with Crippen LogP contribution in [0.2, 0.25) is 0 Å². The summed E-state index contributed by atoms with van der Waals surface area (Å²) in [4.78, 5) is 45.8. The second-order valence-corrected chi connectivity index (χ2v) is 6.95. The SMILES string of the molecule is CCOc1cc(C=O)ccc1OC(=O)c1ccc(Oc2ccc(C=O)cc2OCC)c([N+](=O)[O-])c1. The van der Waals surface area contributed by atoms with E-state index >= 15 is 0 Å². The predicted octanol–water partition coefficient (Wildman–Crippen LogP) is 5.03. The molecule has 0 atom stereocenters. The topological polar surface area (TPSA) is 131 Å². The van der Waals surface area contributed by atoms with Crippen LogP contribution in [0.5, 0.6) is 28.7 Å². The van der Waals surface area contributed by atoms with Gasteiger partial charge >= 0.3 is 11.7 Å². The van der Waals surface area contributed by atoms with E-state index in [9.17, 15) is 24.5 Å². The first kappa shape index (κ1) is 24.9. The van der Waals surface area contributed by atoms with Gasteiger partial charge < -0.3 is 18.9 Å². The monoisotopic (exact) mass is 479 g/mol. The van der Waals surface area contributed by atoms with E-state index in [-0.39, 0.29) is 47.5 Å². The molecule has 0 saturated heterocycles. The highest BCUT2D eigenvalue weighted by atomic mass is 16.6. The van der Waals surface area contributed by atoms with E-state index in [4.69, 9.17) is 18.9 Å². The molecule has 0 aliphatic heterocycles. The lowest BCUT2D eigenvalue weighted by molar-refractivity contribution is -0.385. The summed E-state index contributed by atoms with van der Waals surface area (Å²) in [6, 6.07) is 12.3. The van der Waals surface area contributed by atoms with Crippen LogP contribution in [0.25, 0.3) is 0 Å². The number of hydrogen-bond donors (Lipinski definition) is 0. The predicted molar refractivity (Wildman–Crippen MR) is 124 cm³/mol. The first-order valence-electron chi connectivity index (χ1n) is 10.5. The van der Waals surface area contributed by atoms with Gasteiger partial charge in [0.25, 0.3) is 0 Å². The third-order valence-electron chi connectivity index (χ3n) is 4.62. The summed E-state index contributed by atoms with van der Waals surface area (Å²) in [5.74, 6) is -0.379. The molecule has 0 aromatic heterocycles. The van der Waals surface area contributed by atoms with Crippen LogP contribution >= 0.6 is 0 Å². The fraction of sp³-hybridized carbons (Fsp3) is 0.160. The zero-order valence-electron chi connectivity index (χ0n) is 18.9. The van der Waals surface area contributed by atoms with Gasteiger partial charge in [-0.25, -0.2) is 4.79 Å². The summed E-state index contributed by atoms with van der Waals surface area (Å²) in [7, 11) is 0. The van der Waals surface area contributed by atoms with E-state index in [0.717, 1.165) is 6.07 Å². The van der Waals surface area contributed by atoms with Crippen LogP contribution in [0.4, 0.5) is 5.69 Å². The standard InChI is InChI=1S/C25H21NO9/c1-3-32-23-11-16(14-27)5-8-21(23)34-20-10-7-18(13-19(20)26(30)31)25(29)35-22-9-6-17(15-28)12-24(22)33-4-2/h5-15H,3-4H2,1-2H3. The Balaban J connectivity index is 1.90. The lowest BCUT2D eigenvalue weighted by atomic mass is 10.1. The highest BCUT2D eigenvalue weighted by Gasteiger charge is 2.22. The van der Waals surface area contributed by atoms with Crippen molar-refractivity contribution in [2.75, 3.05) is 13.2 Å². The number of carbonyl (C=O) groups excluding carboxylic acids is 3. The van der Waals surface area contributed by atoms with Gasteiger partial charge in [0, 0.05) is 17.2 Å². The Bertz CT molecular complexity index is 1270. The minimum absolute atomic E-state index is 0.0575. The number of nitro groups is 1. The fourth-order valence-corrected chi connectivity index (χ4v) is 3.05. The Morgan fingerprint density at radius 1 is 0.800 bits per heavy atom. The second kappa shape index (κ2) is 11.4. The van der Waals surface area contributed by atoms with Crippen molar-refractivity contribution in [2.45, 2.75) is 13.8 Å². The van der Waals surface area contributed by atoms with Gasteiger partial charge in [-0.15, -0.1) is 0 Å². The summed E-state index contributed by atoms with van der Waals surface area (Å²) < 4.78 is 21.9. The lowest BCUT2D eigenvalue weighted by Crippen LogP contribution is -2.10. The Morgan fingerprint density at radius 3 is 1.89 bits per heavy atom. The molecule has 0 fully saturated rings. The van der Waals surface area contributed by atoms with E-state index in [1.54, 1.807) is 13.8 Å². The number of hydrogen-bond acceptors (Lipinski definition) is 9. The van der Waals surface area contributed by atoms with Crippen LogP contribution in [0.15, 0.2) is 54.6 Å². The smallest absolute Gasteiger partial charge is 0.343 e. The third-order valence-corrected chi connectivity index (χ3v) is 4.62. The van der Waals surface area contributed by atoms with Gasteiger partial charge in [0.1, 0.15) is 12.6 Å². The number of benzene rings is 3. The number of nitro benzene ring substituents is 1. The number of nitrogens with zero attached hydrogens (tertiary/aromatic N) is 1. The second-order valence-electron chi connectivity index (χ2n) is 6.95. The molecule has 10 nitrogen and oxygen atoms in total. The van der Waals surface area contributed by atoms with Crippen molar-refractivity contribution >= 4 is 24.2 Å². The van der Waals surface area contributed by atoms with Crippen molar-refractivity contribution in [3.63, 3.8) is 0 Å². The molecule has 0 radical (unpaired) electrons. The molecular formula is C25H21NO9. The van der Waals surface area contributed by atoms with Crippen LogP contribution in [0, 0.1) is 10.1 Å². The molecule has 3 rings (SSSR count). The molecule has 0 heterocycles. The first-order chi connectivity index (χ1) is 16.9. The number of aldehydes is 2. The zero-order valence-corrected chi connectivity index (χ0v) is 18.9. The van der Waals surface area contributed by atoms with Crippen molar-refractivity contribution in [2.24, 2.45) is 0 Å². The van der Waals surface area contributed by atoms with Gasteiger partial charge in [-0.1, -0.05) is 0 Å². The maximum Gasteiger partial charge on any atom is 0.343 e. The minimum atomic E-state index is -0.871. The fourth-order valence-electron chi connectivity index (χ4n) is 3.05. The third kappa shape index (κ3) is 5.99.